The molecule has 0 aromatic heterocycles. The average molecular weight is 297 g/mol. The van der Waals surface area contributed by atoms with Crippen molar-refractivity contribution in [3.8, 4) is 11.5 Å². The molecule has 0 radical (unpaired) electrons. The van der Waals surface area contributed by atoms with E-state index in [1.165, 1.54) is 6.08 Å². The molecule has 0 fully saturated rings. The van der Waals surface area contributed by atoms with E-state index in [-0.39, 0.29) is 22.4 Å². The van der Waals surface area contributed by atoms with E-state index >= 15 is 0 Å². The number of halogens is 4. The number of alkyl halides is 3. The normalized spacial score (nSPS) is 11.2. The van der Waals surface area contributed by atoms with E-state index in [1.54, 1.807) is 0 Å². The van der Waals surface area contributed by atoms with Crippen LogP contribution in [-0.2, 0) is 6.42 Å². The molecule has 0 amide bonds. The van der Waals surface area contributed by atoms with Crippen molar-refractivity contribution in [1.82, 2.24) is 0 Å². The van der Waals surface area contributed by atoms with Crippen LogP contribution in [0.3, 0.4) is 0 Å². The summed E-state index contributed by atoms with van der Waals surface area (Å²) in [7, 11) is 0. The van der Waals surface area contributed by atoms with E-state index in [9.17, 15) is 18.3 Å². The van der Waals surface area contributed by atoms with E-state index in [4.69, 9.17) is 0 Å². The summed E-state index contributed by atoms with van der Waals surface area (Å²) >= 11 is 2.94. The van der Waals surface area contributed by atoms with Crippen molar-refractivity contribution >= 4 is 15.9 Å². The highest BCUT2D eigenvalue weighted by Crippen LogP contribution is 2.35. The average Bonchev–Trinajstić information content (AvgIpc) is 2.11. The SMILES string of the molecule is C=CCc1cc(OC(F)(F)F)cc(Br)c1O. The third-order valence-corrected chi connectivity index (χ3v) is 2.32. The zero-order chi connectivity index (χ0) is 12.3. The lowest BCUT2D eigenvalue weighted by atomic mass is 10.1. The number of ether oxygens (including phenoxy) is 1. The summed E-state index contributed by atoms with van der Waals surface area (Å²) in [6.07, 6.45) is -3.03. The monoisotopic (exact) mass is 296 g/mol. The van der Waals surface area contributed by atoms with E-state index < -0.39 is 6.36 Å². The van der Waals surface area contributed by atoms with Crippen LogP contribution < -0.4 is 4.74 Å². The van der Waals surface area contributed by atoms with Gasteiger partial charge < -0.3 is 9.84 Å². The van der Waals surface area contributed by atoms with Gasteiger partial charge >= 0.3 is 6.36 Å². The Labute approximate surface area is 98.5 Å². The summed E-state index contributed by atoms with van der Waals surface area (Å²) in [5.74, 6) is -0.497. The number of phenols is 1. The van der Waals surface area contributed by atoms with Gasteiger partial charge in [-0.15, -0.1) is 19.8 Å². The highest BCUT2D eigenvalue weighted by Gasteiger charge is 2.31. The van der Waals surface area contributed by atoms with Gasteiger partial charge in [0.05, 0.1) is 4.47 Å². The van der Waals surface area contributed by atoms with Crippen LogP contribution in [0.15, 0.2) is 29.3 Å². The maximum absolute atomic E-state index is 12.0. The Balaban J connectivity index is 3.08. The van der Waals surface area contributed by atoms with Gasteiger partial charge in [0.2, 0.25) is 0 Å². The Bertz CT molecular complexity index is 402. The van der Waals surface area contributed by atoms with Gasteiger partial charge in [0.1, 0.15) is 11.5 Å². The summed E-state index contributed by atoms with van der Waals surface area (Å²) in [5.41, 5.74) is 0.309. The number of allylic oxidation sites excluding steroid dienone is 1. The molecular formula is C10H8BrF3O2. The van der Waals surface area contributed by atoms with Crippen molar-refractivity contribution < 1.29 is 23.0 Å². The fourth-order valence-electron chi connectivity index (χ4n) is 1.13. The van der Waals surface area contributed by atoms with Crippen LogP contribution in [-0.4, -0.2) is 11.5 Å². The molecule has 2 nitrogen and oxygen atoms in total. The lowest BCUT2D eigenvalue weighted by Gasteiger charge is -2.11. The minimum atomic E-state index is -4.75. The molecule has 88 valence electrons. The molecule has 0 unspecified atom stereocenters. The maximum Gasteiger partial charge on any atom is 0.573 e. The zero-order valence-corrected chi connectivity index (χ0v) is 9.60. The molecule has 0 aliphatic rings. The summed E-state index contributed by atoms with van der Waals surface area (Å²) < 4.78 is 39.8. The summed E-state index contributed by atoms with van der Waals surface area (Å²) in [4.78, 5) is 0. The molecule has 1 aromatic carbocycles. The van der Waals surface area contributed by atoms with Crippen LogP contribution in [0.2, 0.25) is 0 Å². The predicted octanol–water partition coefficient (Wildman–Crippen LogP) is 3.78. The first-order chi connectivity index (χ1) is 7.33. The Morgan fingerprint density at radius 1 is 1.44 bits per heavy atom. The first kappa shape index (κ1) is 12.9. The minimum absolute atomic E-state index is 0.116. The van der Waals surface area contributed by atoms with Gasteiger partial charge in [-0.2, -0.15) is 0 Å². The van der Waals surface area contributed by atoms with E-state index in [0.29, 0.717) is 5.56 Å². The molecule has 0 spiro atoms. The predicted molar refractivity (Wildman–Crippen MR) is 56.4 cm³/mol. The number of hydrogen-bond acceptors (Lipinski definition) is 2. The molecule has 0 aliphatic carbocycles. The smallest absolute Gasteiger partial charge is 0.506 e. The molecule has 0 heterocycles. The van der Waals surface area contributed by atoms with Crippen molar-refractivity contribution in [3.63, 3.8) is 0 Å². The number of hydrogen-bond donors (Lipinski definition) is 1. The lowest BCUT2D eigenvalue weighted by molar-refractivity contribution is -0.274. The molecule has 6 heteroatoms. The van der Waals surface area contributed by atoms with Gasteiger partial charge in [0.25, 0.3) is 0 Å². The molecule has 0 saturated heterocycles. The molecule has 1 N–H and O–H groups in total. The fraction of sp³-hybridized carbons (Fsp3) is 0.200. The summed E-state index contributed by atoms with van der Waals surface area (Å²) in [6.45, 7) is 3.44. The number of phenolic OH excluding ortho intramolecular Hbond substituents is 1. The van der Waals surface area contributed by atoms with Crippen LogP contribution >= 0.6 is 15.9 Å². The number of rotatable bonds is 3. The largest absolute Gasteiger partial charge is 0.573 e. The Morgan fingerprint density at radius 3 is 2.56 bits per heavy atom. The first-order valence-electron chi connectivity index (χ1n) is 4.21. The third kappa shape index (κ3) is 3.44. The van der Waals surface area contributed by atoms with Crippen molar-refractivity contribution in [1.29, 1.82) is 0 Å². The van der Waals surface area contributed by atoms with E-state index in [1.807, 2.05) is 0 Å². The summed E-state index contributed by atoms with van der Waals surface area (Å²) in [5, 5.41) is 9.52. The van der Waals surface area contributed by atoms with Crippen molar-refractivity contribution in [2.75, 3.05) is 0 Å². The topological polar surface area (TPSA) is 29.5 Å². The summed E-state index contributed by atoms with van der Waals surface area (Å²) in [6, 6.07) is 2.17. The van der Waals surface area contributed by atoms with E-state index in [2.05, 4.69) is 27.2 Å². The Kier molecular flexibility index (Phi) is 3.85. The third-order valence-electron chi connectivity index (χ3n) is 1.71. The first-order valence-corrected chi connectivity index (χ1v) is 5.01. The van der Waals surface area contributed by atoms with Crippen LogP contribution in [0.4, 0.5) is 13.2 Å². The molecular weight excluding hydrogens is 289 g/mol. The molecule has 0 saturated carbocycles. The second-order valence-electron chi connectivity index (χ2n) is 2.95. The quantitative estimate of drug-likeness (QED) is 0.860. The number of benzene rings is 1. The van der Waals surface area contributed by atoms with Crippen molar-refractivity contribution in [3.05, 3.63) is 34.8 Å². The van der Waals surface area contributed by atoms with Crippen LogP contribution in [0.5, 0.6) is 11.5 Å². The number of aromatic hydroxyl groups is 1. The van der Waals surface area contributed by atoms with Gasteiger partial charge in [0, 0.05) is 5.56 Å². The highest BCUT2D eigenvalue weighted by atomic mass is 79.9. The van der Waals surface area contributed by atoms with Gasteiger partial charge in [-0.25, -0.2) is 0 Å². The van der Waals surface area contributed by atoms with Gasteiger partial charge in [-0.05, 0) is 34.5 Å². The van der Waals surface area contributed by atoms with Crippen molar-refractivity contribution in [2.24, 2.45) is 0 Å². The van der Waals surface area contributed by atoms with Crippen LogP contribution in [0, 0.1) is 0 Å². The molecule has 0 aliphatic heterocycles. The standard InChI is InChI=1S/C10H8BrF3O2/c1-2-3-6-4-7(16-10(12,13)14)5-8(11)9(6)15/h2,4-5,15H,1,3H2. The van der Waals surface area contributed by atoms with Gasteiger partial charge in [-0.3, -0.25) is 0 Å². The Hall–Kier alpha value is -1.17. The second kappa shape index (κ2) is 4.78. The Morgan fingerprint density at radius 2 is 2.06 bits per heavy atom. The maximum atomic E-state index is 12.0. The fourth-order valence-corrected chi connectivity index (χ4v) is 1.61. The lowest BCUT2D eigenvalue weighted by Crippen LogP contribution is -2.17. The van der Waals surface area contributed by atoms with Crippen LogP contribution in [0.1, 0.15) is 5.56 Å². The molecule has 0 bridgehead atoms. The molecule has 1 aromatic rings. The highest BCUT2D eigenvalue weighted by molar-refractivity contribution is 9.10. The van der Waals surface area contributed by atoms with Gasteiger partial charge in [0.15, 0.2) is 0 Å². The molecule has 0 atom stereocenters. The van der Waals surface area contributed by atoms with Crippen LogP contribution in [0.25, 0.3) is 0 Å². The zero-order valence-electron chi connectivity index (χ0n) is 8.01. The minimum Gasteiger partial charge on any atom is -0.506 e. The van der Waals surface area contributed by atoms with Gasteiger partial charge in [-0.1, -0.05) is 6.08 Å². The molecule has 1 rings (SSSR count). The van der Waals surface area contributed by atoms with Crippen molar-refractivity contribution in [2.45, 2.75) is 12.8 Å². The molecule has 16 heavy (non-hydrogen) atoms. The second-order valence-corrected chi connectivity index (χ2v) is 3.81. The van der Waals surface area contributed by atoms with E-state index in [0.717, 1.165) is 12.1 Å².